The van der Waals surface area contributed by atoms with Gasteiger partial charge in [0.1, 0.15) is 0 Å². The number of carbonyl (C=O) groups is 2. The van der Waals surface area contributed by atoms with Crippen molar-refractivity contribution in [2.24, 2.45) is 5.92 Å². The summed E-state index contributed by atoms with van der Waals surface area (Å²) in [5.74, 6) is -1.26. The fraction of sp³-hybridized carbons (Fsp3) is 0.857. The first-order chi connectivity index (χ1) is 8.63. The monoisotopic (exact) mass is 272 g/mol. The van der Waals surface area contributed by atoms with Gasteiger partial charge in [-0.3, -0.25) is 14.5 Å². The summed E-state index contributed by atoms with van der Waals surface area (Å²) in [6.45, 7) is 13.6. The van der Waals surface area contributed by atoms with Crippen LogP contribution in [0.1, 0.15) is 41.5 Å². The van der Waals surface area contributed by atoms with Crippen molar-refractivity contribution in [3.05, 3.63) is 0 Å². The van der Waals surface area contributed by atoms with E-state index in [-0.39, 0.29) is 18.0 Å². The molecular weight excluding hydrogens is 244 g/mol. The minimum Gasteiger partial charge on any atom is -0.481 e. The van der Waals surface area contributed by atoms with Crippen molar-refractivity contribution in [3.63, 3.8) is 0 Å². The molecule has 0 aromatic heterocycles. The van der Waals surface area contributed by atoms with Gasteiger partial charge in [0, 0.05) is 25.2 Å². The van der Waals surface area contributed by atoms with E-state index in [1.807, 2.05) is 39.5 Å². The number of likely N-dealkylation sites (N-methyl/N-ethyl adjacent to an activating group) is 1. The lowest BCUT2D eigenvalue weighted by molar-refractivity contribution is -0.143. The first-order valence-electron chi connectivity index (χ1n) is 6.89. The van der Waals surface area contributed by atoms with Gasteiger partial charge in [-0.1, -0.05) is 6.92 Å². The Morgan fingerprint density at radius 2 is 1.63 bits per heavy atom. The van der Waals surface area contributed by atoms with Crippen LogP contribution in [0.2, 0.25) is 0 Å². The van der Waals surface area contributed by atoms with Gasteiger partial charge in [-0.2, -0.15) is 0 Å². The Kier molecular flexibility index (Phi) is 7.05. The predicted octanol–water partition coefficient (Wildman–Crippen LogP) is 1.68. The highest BCUT2D eigenvalue weighted by molar-refractivity contribution is 5.78. The maximum absolute atomic E-state index is 12.2. The van der Waals surface area contributed by atoms with E-state index in [0.717, 1.165) is 0 Å². The van der Waals surface area contributed by atoms with E-state index >= 15 is 0 Å². The molecule has 0 bridgehead atoms. The van der Waals surface area contributed by atoms with Crippen LogP contribution in [0.4, 0.5) is 0 Å². The van der Waals surface area contributed by atoms with Crippen LogP contribution >= 0.6 is 0 Å². The van der Waals surface area contributed by atoms with Crippen molar-refractivity contribution < 1.29 is 14.7 Å². The molecule has 0 radical (unpaired) electrons. The fourth-order valence-corrected chi connectivity index (χ4v) is 1.82. The van der Waals surface area contributed by atoms with Gasteiger partial charge in [-0.15, -0.1) is 0 Å². The van der Waals surface area contributed by atoms with Crippen LogP contribution in [0.25, 0.3) is 0 Å². The van der Waals surface area contributed by atoms with E-state index < -0.39 is 11.9 Å². The third-order valence-corrected chi connectivity index (χ3v) is 3.31. The lowest BCUT2D eigenvalue weighted by Crippen LogP contribution is -2.50. The zero-order valence-electron chi connectivity index (χ0n) is 13.1. The number of aliphatic carboxylic acids is 1. The third kappa shape index (κ3) is 6.05. The Bertz CT molecular complexity index is 306. The molecule has 0 aromatic rings. The number of rotatable bonds is 7. The topological polar surface area (TPSA) is 60.9 Å². The van der Waals surface area contributed by atoms with Gasteiger partial charge >= 0.3 is 5.97 Å². The molecule has 0 saturated carbocycles. The number of carboxylic acids is 1. The lowest BCUT2D eigenvalue weighted by Gasteiger charge is -2.37. The van der Waals surface area contributed by atoms with E-state index in [0.29, 0.717) is 19.6 Å². The Morgan fingerprint density at radius 3 is 1.95 bits per heavy atom. The zero-order chi connectivity index (χ0) is 15.2. The van der Waals surface area contributed by atoms with Crippen LogP contribution in [0, 0.1) is 5.92 Å². The zero-order valence-corrected chi connectivity index (χ0v) is 13.1. The number of carboxylic acid groups (broad SMARTS) is 1. The molecule has 0 heterocycles. The molecule has 0 rings (SSSR count). The van der Waals surface area contributed by atoms with Crippen molar-refractivity contribution in [1.29, 1.82) is 0 Å². The van der Waals surface area contributed by atoms with E-state index in [9.17, 15) is 9.59 Å². The molecule has 19 heavy (non-hydrogen) atoms. The van der Waals surface area contributed by atoms with Crippen molar-refractivity contribution in [2.45, 2.75) is 47.1 Å². The van der Waals surface area contributed by atoms with Crippen LogP contribution in [-0.2, 0) is 9.59 Å². The molecule has 0 aliphatic carbocycles. The van der Waals surface area contributed by atoms with Crippen molar-refractivity contribution in [2.75, 3.05) is 26.2 Å². The lowest BCUT2D eigenvalue weighted by atomic mass is 10.0. The molecule has 5 nitrogen and oxygen atoms in total. The maximum Gasteiger partial charge on any atom is 0.307 e. The highest BCUT2D eigenvalue weighted by Gasteiger charge is 2.28. The average Bonchev–Trinajstić information content (AvgIpc) is 2.28. The van der Waals surface area contributed by atoms with Crippen molar-refractivity contribution in [1.82, 2.24) is 9.80 Å². The van der Waals surface area contributed by atoms with Gasteiger partial charge < -0.3 is 10.0 Å². The van der Waals surface area contributed by atoms with E-state index in [1.54, 1.807) is 11.8 Å². The number of hydrogen-bond acceptors (Lipinski definition) is 3. The average molecular weight is 272 g/mol. The Hall–Kier alpha value is -1.10. The second-order valence-corrected chi connectivity index (χ2v) is 5.86. The highest BCUT2D eigenvalue weighted by atomic mass is 16.4. The molecule has 1 N–H and O–H groups in total. The summed E-state index contributed by atoms with van der Waals surface area (Å²) >= 11 is 0. The summed E-state index contributed by atoms with van der Waals surface area (Å²) in [5.41, 5.74) is -0.230. The molecule has 0 aromatic carbocycles. The Labute approximate surface area is 116 Å². The number of nitrogens with zero attached hydrogens (tertiary/aromatic N) is 2. The fourth-order valence-electron chi connectivity index (χ4n) is 1.82. The maximum atomic E-state index is 12.2. The second-order valence-electron chi connectivity index (χ2n) is 5.86. The van der Waals surface area contributed by atoms with E-state index in [4.69, 9.17) is 5.11 Å². The molecule has 1 atom stereocenters. The summed E-state index contributed by atoms with van der Waals surface area (Å²) in [6.07, 6.45) is 0. The molecule has 0 saturated heterocycles. The molecule has 5 heteroatoms. The third-order valence-electron chi connectivity index (χ3n) is 3.31. The minimum atomic E-state index is -0.829. The van der Waals surface area contributed by atoms with Crippen LogP contribution < -0.4 is 0 Å². The molecule has 112 valence electrons. The molecule has 1 unspecified atom stereocenters. The van der Waals surface area contributed by atoms with Gasteiger partial charge in [-0.25, -0.2) is 0 Å². The predicted molar refractivity (Wildman–Crippen MR) is 76.1 cm³/mol. The SMILES string of the molecule is CCN(CC)C(=O)CN(CC(C)C(=O)O)C(C)(C)C. The molecule has 0 aliphatic heterocycles. The molecular formula is C14H28N2O3. The summed E-state index contributed by atoms with van der Waals surface area (Å²) in [6, 6.07) is 0. The van der Waals surface area contributed by atoms with Gasteiger partial charge in [0.25, 0.3) is 0 Å². The number of carbonyl (C=O) groups excluding carboxylic acids is 1. The summed E-state index contributed by atoms with van der Waals surface area (Å²) in [7, 11) is 0. The second kappa shape index (κ2) is 7.48. The smallest absolute Gasteiger partial charge is 0.307 e. The van der Waals surface area contributed by atoms with Crippen molar-refractivity contribution >= 4 is 11.9 Å². The summed E-state index contributed by atoms with van der Waals surface area (Å²) < 4.78 is 0. The highest BCUT2D eigenvalue weighted by Crippen LogP contribution is 2.16. The van der Waals surface area contributed by atoms with E-state index in [2.05, 4.69) is 0 Å². The summed E-state index contributed by atoms with van der Waals surface area (Å²) in [5, 5.41) is 9.01. The van der Waals surface area contributed by atoms with Crippen LogP contribution in [0.15, 0.2) is 0 Å². The number of amides is 1. The van der Waals surface area contributed by atoms with Gasteiger partial charge in [0.2, 0.25) is 5.91 Å². The molecule has 0 aliphatic rings. The van der Waals surface area contributed by atoms with Gasteiger partial charge in [0.15, 0.2) is 0 Å². The largest absolute Gasteiger partial charge is 0.481 e. The quantitative estimate of drug-likeness (QED) is 0.766. The van der Waals surface area contributed by atoms with Crippen LogP contribution in [-0.4, -0.2) is 58.5 Å². The first kappa shape index (κ1) is 17.9. The summed E-state index contributed by atoms with van der Waals surface area (Å²) in [4.78, 5) is 26.8. The van der Waals surface area contributed by atoms with Crippen LogP contribution in [0.5, 0.6) is 0 Å². The molecule has 0 spiro atoms. The van der Waals surface area contributed by atoms with Crippen molar-refractivity contribution in [3.8, 4) is 0 Å². The minimum absolute atomic E-state index is 0.0533. The van der Waals surface area contributed by atoms with Crippen LogP contribution in [0.3, 0.4) is 0 Å². The van der Waals surface area contributed by atoms with E-state index in [1.165, 1.54) is 0 Å². The molecule has 0 fully saturated rings. The molecule has 1 amide bonds. The standard InChI is InChI=1S/C14H28N2O3/c1-7-15(8-2)12(17)10-16(14(4,5)6)9-11(3)13(18)19/h11H,7-10H2,1-6H3,(H,18,19). The van der Waals surface area contributed by atoms with Gasteiger partial charge in [-0.05, 0) is 34.6 Å². The number of hydrogen-bond donors (Lipinski definition) is 1. The van der Waals surface area contributed by atoms with Gasteiger partial charge in [0.05, 0.1) is 12.5 Å². The first-order valence-corrected chi connectivity index (χ1v) is 6.89. The Balaban J connectivity index is 4.79. The normalized spacial score (nSPS) is 13.4. The Morgan fingerprint density at radius 1 is 1.16 bits per heavy atom.